The molecule has 0 bridgehead atoms. The average Bonchev–Trinajstić information content (AvgIpc) is 3.14. The summed E-state index contributed by atoms with van der Waals surface area (Å²) < 4.78 is 4.90. The summed E-state index contributed by atoms with van der Waals surface area (Å²) in [6.45, 7) is 5.63. The van der Waals surface area contributed by atoms with Crippen LogP contribution in [0.4, 0.5) is 0 Å². The fourth-order valence-corrected chi connectivity index (χ4v) is 4.24. The normalized spacial score (nSPS) is 21.7. The number of ether oxygens (including phenoxy) is 1. The maximum atomic E-state index is 12.6. The lowest BCUT2D eigenvalue weighted by Gasteiger charge is -2.29. The van der Waals surface area contributed by atoms with Crippen LogP contribution in [-0.4, -0.2) is 68.0 Å². The Bertz CT molecular complexity index is 764. The van der Waals surface area contributed by atoms with Gasteiger partial charge in [-0.05, 0) is 29.9 Å². The van der Waals surface area contributed by atoms with E-state index in [1.807, 2.05) is 11.0 Å². The molecule has 7 heteroatoms. The third-order valence-corrected chi connectivity index (χ3v) is 5.96. The summed E-state index contributed by atoms with van der Waals surface area (Å²) in [6.07, 6.45) is 2.20. The fraction of sp³-hybridized carbons (Fsp3) is 0.591. The van der Waals surface area contributed by atoms with Gasteiger partial charge >= 0.3 is 5.97 Å². The van der Waals surface area contributed by atoms with Crippen LogP contribution >= 0.6 is 0 Å². The van der Waals surface area contributed by atoms with Crippen molar-refractivity contribution >= 4 is 17.8 Å². The molecular weight excluding hydrogens is 368 g/mol. The van der Waals surface area contributed by atoms with Crippen LogP contribution in [0.15, 0.2) is 29.3 Å². The summed E-state index contributed by atoms with van der Waals surface area (Å²) >= 11 is 0. The number of fused-ring (bicyclic) bond motifs is 1. The van der Waals surface area contributed by atoms with E-state index in [-0.39, 0.29) is 23.7 Å². The molecule has 3 rings (SSSR count). The zero-order valence-electron chi connectivity index (χ0n) is 17.7. The topological polar surface area (TPSA) is 74.2 Å². The zero-order valence-corrected chi connectivity index (χ0v) is 17.7. The number of hydrogen-bond donors (Lipinski definition) is 1. The summed E-state index contributed by atoms with van der Waals surface area (Å²) in [5, 5.41) is 3.34. The second kappa shape index (κ2) is 9.76. The number of hydrogen-bond acceptors (Lipinski definition) is 4. The largest absolute Gasteiger partial charge is 0.469 e. The number of esters is 1. The predicted octanol–water partition coefficient (Wildman–Crippen LogP) is 1.67. The molecule has 1 fully saturated rings. The van der Waals surface area contributed by atoms with Gasteiger partial charge in [0.05, 0.1) is 13.0 Å². The van der Waals surface area contributed by atoms with Crippen molar-refractivity contribution < 1.29 is 14.3 Å². The van der Waals surface area contributed by atoms with Crippen molar-refractivity contribution in [3.63, 3.8) is 0 Å². The second-order valence-electron chi connectivity index (χ2n) is 7.92. The number of methoxy groups -OCH3 is 1. The standard InChI is InChI=1S/C22H32N4O3/c1-16-13-26(15-19(16)21(28)29-3)22(23-2)24-11-6-9-20(27)25-12-10-17-7-4-5-8-18(17)14-25/h4-5,7-8,16,19H,6,9-15H2,1-3H3,(H,23,24). The number of rotatable bonds is 5. The van der Waals surface area contributed by atoms with E-state index in [1.165, 1.54) is 18.2 Å². The second-order valence-corrected chi connectivity index (χ2v) is 7.92. The highest BCUT2D eigenvalue weighted by Gasteiger charge is 2.36. The molecule has 2 heterocycles. The first-order valence-corrected chi connectivity index (χ1v) is 10.4. The van der Waals surface area contributed by atoms with E-state index in [0.717, 1.165) is 31.9 Å². The highest BCUT2D eigenvalue weighted by Crippen LogP contribution is 2.24. The molecule has 1 amide bonds. The minimum atomic E-state index is -0.163. The van der Waals surface area contributed by atoms with E-state index in [0.29, 0.717) is 26.1 Å². The minimum absolute atomic E-state index is 0.123. The van der Waals surface area contributed by atoms with Crippen LogP contribution in [0.25, 0.3) is 0 Å². The van der Waals surface area contributed by atoms with E-state index >= 15 is 0 Å². The molecular formula is C22H32N4O3. The van der Waals surface area contributed by atoms with Crippen LogP contribution in [0.3, 0.4) is 0 Å². The van der Waals surface area contributed by atoms with Crippen LogP contribution < -0.4 is 5.32 Å². The molecule has 2 aliphatic rings. The molecule has 29 heavy (non-hydrogen) atoms. The number of nitrogens with zero attached hydrogens (tertiary/aromatic N) is 3. The molecule has 0 spiro atoms. The van der Waals surface area contributed by atoms with Gasteiger partial charge in [0, 0.05) is 46.2 Å². The average molecular weight is 401 g/mol. The summed E-state index contributed by atoms with van der Waals surface area (Å²) in [7, 11) is 3.18. The number of likely N-dealkylation sites (tertiary alicyclic amines) is 1. The molecule has 1 saturated heterocycles. The molecule has 2 unspecified atom stereocenters. The molecule has 2 aliphatic heterocycles. The number of aliphatic imine (C=N–C) groups is 1. The Morgan fingerprint density at radius 3 is 2.69 bits per heavy atom. The Hall–Kier alpha value is -2.57. The molecule has 7 nitrogen and oxygen atoms in total. The number of carbonyl (C=O) groups is 2. The molecule has 0 saturated carbocycles. The molecule has 0 aliphatic carbocycles. The number of benzene rings is 1. The van der Waals surface area contributed by atoms with Crippen molar-refractivity contribution in [3.8, 4) is 0 Å². The third-order valence-electron chi connectivity index (χ3n) is 5.96. The maximum absolute atomic E-state index is 12.6. The van der Waals surface area contributed by atoms with Gasteiger partial charge in [-0.3, -0.25) is 14.6 Å². The van der Waals surface area contributed by atoms with E-state index in [2.05, 4.69) is 40.3 Å². The first-order chi connectivity index (χ1) is 14.0. The van der Waals surface area contributed by atoms with Gasteiger partial charge in [-0.1, -0.05) is 31.2 Å². The van der Waals surface area contributed by atoms with Gasteiger partial charge in [-0.2, -0.15) is 0 Å². The first kappa shape index (κ1) is 21.1. The lowest BCUT2D eigenvalue weighted by molar-refractivity contribution is -0.146. The van der Waals surface area contributed by atoms with Crippen LogP contribution in [0.5, 0.6) is 0 Å². The number of carbonyl (C=O) groups excluding carboxylic acids is 2. The minimum Gasteiger partial charge on any atom is -0.469 e. The number of nitrogens with one attached hydrogen (secondary N) is 1. The van der Waals surface area contributed by atoms with Gasteiger partial charge in [0.2, 0.25) is 5.91 Å². The lowest BCUT2D eigenvalue weighted by atomic mass is 9.99. The van der Waals surface area contributed by atoms with Crippen molar-refractivity contribution in [2.24, 2.45) is 16.8 Å². The van der Waals surface area contributed by atoms with Crippen LogP contribution in [-0.2, 0) is 27.3 Å². The van der Waals surface area contributed by atoms with Gasteiger partial charge in [0.1, 0.15) is 0 Å². The van der Waals surface area contributed by atoms with E-state index in [9.17, 15) is 9.59 Å². The Morgan fingerprint density at radius 2 is 1.97 bits per heavy atom. The van der Waals surface area contributed by atoms with Gasteiger partial charge in [0.15, 0.2) is 5.96 Å². The fourth-order valence-electron chi connectivity index (χ4n) is 4.24. The summed E-state index contributed by atoms with van der Waals surface area (Å²) in [6, 6.07) is 8.35. The zero-order chi connectivity index (χ0) is 20.8. The molecule has 0 aromatic heterocycles. The van der Waals surface area contributed by atoms with Crippen molar-refractivity contribution in [2.45, 2.75) is 32.7 Å². The molecule has 1 N–H and O–H groups in total. The van der Waals surface area contributed by atoms with Crippen LogP contribution in [0.2, 0.25) is 0 Å². The first-order valence-electron chi connectivity index (χ1n) is 10.4. The molecule has 1 aromatic rings. The van der Waals surface area contributed by atoms with Gasteiger partial charge < -0.3 is 19.9 Å². The number of guanidine groups is 1. The van der Waals surface area contributed by atoms with E-state index in [1.54, 1.807) is 7.05 Å². The third kappa shape index (κ3) is 5.08. The molecule has 1 aromatic carbocycles. The van der Waals surface area contributed by atoms with E-state index < -0.39 is 0 Å². The smallest absolute Gasteiger partial charge is 0.310 e. The van der Waals surface area contributed by atoms with Crippen LogP contribution in [0.1, 0.15) is 30.9 Å². The highest BCUT2D eigenvalue weighted by molar-refractivity contribution is 5.82. The van der Waals surface area contributed by atoms with Gasteiger partial charge in [-0.25, -0.2) is 0 Å². The Balaban J connectivity index is 1.42. The molecule has 158 valence electrons. The van der Waals surface area contributed by atoms with Crippen molar-refractivity contribution in [3.05, 3.63) is 35.4 Å². The maximum Gasteiger partial charge on any atom is 0.310 e. The number of amides is 1. The van der Waals surface area contributed by atoms with Crippen molar-refractivity contribution in [2.75, 3.05) is 40.3 Å². The molecule has 0 radical (unpaired) electrons. The van der Waals surface area contributed by atoms with Crippen molar-refractivity contribution in [1.29, 1.82) is 0 Å². The molecule has 2 atom stereocenters. The Labute approximate surface area is 173 Å². The quantitative estimate of drug-likeness (QED) is 0.352. The van der Waals surface area contributed by atoms with Crippen LogP contribution in [0, 0.1) is 11.8 Å². The van der Waals surface area contributed by atoms with Gasteiger partial charge in [-0.15, -0.1) is 0 Å². The summed E-state index contributed by atoms with van der Waals surface area (Å²) in [4.78, 5) is 32.9. The van der Waals surface area contributed by atoms with Crippen molar-refractivity contribution in [1.82, 2.24) is 15.1 Å². The lowest BCUT2D eigenvalue weighted by Crippen LogP contribution is -2.41. The summed E-state index contributed by atoms with van der Waals surface area (Å²) in [5.41, 5.74) is 2.61. The highest BCUT2D eigenvalue weighted by atomic mass is 16.5. The summed E-state index contributed by atoms with van der Waals surface area (Å²) in [5.74, 6) is 0.926. The predicted molar refractivity (Wildman–Crippen MR) is 112 cm³/mol. The monoisotopic (exact) mass is 400 g/mol. The Morgan fingerprint density at radius 1 is 1.21 bits per heavy atom. The SMILES string of the molecule is CN=C(NCCCC(=O)N1CCc2ccccc2C1)N1CC(C)C(C(=O)OC)C1. The Kier molecular flexibility index (Phi) is 7.12. The van der Waals surface area contributed by atoms with Gasteiger partial charge in [0.25, 0.3) is 0 Å². The van der Waals surface area contributed by atoms with E-state index in [4.69, 9.17) is 4.74 Å².